The molecule has 1 saturated heterocycles. The van der Waals surface area contributed by atoms with Crippen LogP contribution in [0.15, 0.2) is 18.2 Å². The molecular weight excluding hydrogens is 262 g/mol. The lowest BCUT2D eigenvalue weighted by molar-refractivity contribution is -0.384. The molecule has 0 amide bonds. The average molecular weight is 279 g/mol. The van der Waals surface area contributed by atoms with E-state index in [0.717, 1.165) is 19.3 Å². The van der Waals surface area contributed by atoms with Gasteiger partial charge in [0.15, 0.2) is 0 Å². The van der Waals surface area contributed by atoms with Crippen LogP contribution < -0.4 is 0 Å². The van der Waals surface area contributed by atoms with Gasteiger partial charge in [0.1, 0.15) is 6.61 Å². The Hall–Kier alpha value is -1.95. The minimum atomic E-state index is -0.488. The Bertz CT molecular complexity index is 508. The summed E-state index contributed by atoms with van der Waals surface area (Å²) in [6.45, 7) is 2.59. The van der Waals surface area contributed by atoms with Crippen LogP contribution >= 0.6 is 0 Å². The van der Waals surface area contributed by atoms with Crippen LogP contribution in [-0.2, 0) is 9.47 Å². The van der Waals surface area contributed by atoms with Gasteiger partial charge in [0.05, 0.1) is 16.6 Å². The van der Waals surface area contributed by atoms with Gasteiger partial charge < -0.3 is 9.47 Å². The highest BCUT2D eigenvalue weighted by Gasteiger charge is 2.18. The molecule has 1 aliphatic rings. The fraction of sp³-hybridized carbons (Fsp3) is 0.500. The Morgan fingerprint density at radius 2 is 2.30 bits per heavy atom. The van der Waals surface area contributed by atoms with Crippen LogP contribution in [0.4, 0.5) is 5.69 Å². The van der Waals surface area contributed by atoms with Crippen molar-refractivity contribution in [1.29, 1.82) is 0 Å². The number of hydrogen-bond donors (Lipinski definition) is 0. The molecule has 1 atom stereocenters. The van der Waals surface area contributed by atoms with E-state index in [-0.39, 0.29) is 18.4 Å². The quantitative estimate of drug-likeness (QED) is 0.481. The summed E-state index contributed by atoms with van der Waals surface area (Å²) in [6, 6.07) is 4.10. The van der Waals surface area contributed by atoms with Crippen molar-refractivity contribution in [2.24, 2.45) is 0 Å². The third-order valence-electron chi connectivity index (χ3n) is 3.32. The van der Waals surface area contributed by atoms with Crippen molar-refractivity contribution in [1.82, 2.24) is 0 Å². The molecule has 0 radical (unpaired) electrons. The molecule has 0 unspecified atom stereocenters. The first-order chi connectivity index (χ1) is 9.58. The van der Waals surface area contributed by atoms with Gasteiger partial charge in [-0.15, -0.1) is 0 Å². The molecule has 1 aromatic rings. The van der Waals surface area contributed by atoms with Crippen LogP contribution in [0, 0.1) is 17.0 Å². The smallest absolute Gasteiger partial charge is 0.338 e. The number of ether oxygens (including phenoxy) is 2. The minimum Gasteiger partial charge on any atom is -0.459 e. The lowest BCUT2D eigenvalue weighted by Gasteiger charge is -2.22. The molecule has 1 aromatic carbocycles. The van der Waals surface area contributed by atoms with Gasteiger partial charge in [0.2, 0.25) is 0 Å². The number of hydrogen-bond acceptors (Lipinski definition) is 5. The minimum absolute atomic E-state index is 0.0327. The van der Waals surface area contributed by atoms with Crippen LogP contribution in [0.25, 0.3) is 0 Å². The molecule has 1 aliphatic heterocycles. The van der Waals surface area contributed by atoms with Crippen molar-refractivity contribution < 1.29 is 19.2 Å². The normalized spacial score (nSPS) is 18.6. The zero-order valence-corrected chi connectivity index (χ0v) is 11.3. The summed E-state index contributed by atoms with van der Waals surface area (Å²) in [5.74, 6) is -0.466. The molecule has 0 saturated carbocycles. The molecule has 1 heterocycles. The van der Waals surface area contributed by atoms with Crippen LogP contribution in [-0.4, -0.2) is 30.2 Å². The second-order valence-electron chi connectivity index (χ2n) is 4.84. The molecule has 20 heavy (non-hydrogen) atoms. The van der Waals surface area contributed by atoms with E-state index in [9.17, 15) is 14.9 Å². The van der Waals surface area contributed by atoms with E-state index in [1.807, 2.05) is 0 Å². The molecule has 0 N–H and O–H groups in total. The molecule has 0 spiro atoms. The number of nitrogens with zero attached hydrogens (tertiary/aromatic N) is 1. The van der Waals surface area contributed by atoms with Crippen molar-refractivity contribution in [2.75, 3.05) is 13.2 Å². The first-order valence-corrected chi connectivity index (χ1v) is 6.61. The summed E-state index contributed by atoms with van der Waals surface area (Å²) in [5, 5.41) is 10.6. The summed E-state index contributed by atoms with van der Waals surface area (Å²) in [4.78, 5) is 22.1. The highest BCUT2D eigenvalue weighted by molar-refractivity contribution is 5.91. The van der Waals surface area contributed by atoms with Gasteiger partial charge in [0, 0.05) is 18.7 Å². The lowest BCUT2D eigenvalue weighted by Crippen LogP contribution is -2.26. The highest BCUT2D eigenvalue weighted by Crippen LogP contribution is 2.19. The topological polar surface area (TPSA) is 78.7 Å². The van der Waals surface area contributed by atoms with Crippen molar-refractivity contribution in [3.05, 3.63) is 39.4 Å². The van der Waals surface area contributed by atoms with E-state index in [4.69, 9.17) is 9.47 Å². The maximum atomic E-state index is 11.9. The van der Waals surface area contributed by atoms with Crippen LogP contribution in [0.1, 0.15) is 35.2 Å². The van der Waals surface area contributed by atoms with Gasteiger partial charge in [-0.1, -0.05) is 0 Å². The Balaban J connectivity index is 1.96. The molecule has 6 heteroatoms. The fourth-order valence-corrected chi connectivity index (χ4v) is 2.18. The van der Waals surface area contributed by atoms with E-state index in [1.54, 1.807) is 6.92 Å². The average Bonchev–Trinajstić information content (AvgIpc) is 2.45. The largest absolute Gasteiger partial charge is 0.459 e. The zero-order chi connectivity index (χ0) is 14.5. The molecule has 6 nitrogen and oxygen atoms in total. The number of esters is 1. The van der Waals surface area contributed by atoms with Crippen molar-refractivity contribution in [2.45, 2.75) is 32.3 Å². The van der Waals surface area contributed by atoms with Gasteiger partial charge in [-0.2, -0.15) is 0 Å². The number of aryl methyl sites for hydroxylation is 1. The van der Waals surface area contributed by atoms with Crippen LogP contribution in [0.5, 0.6) is 0 Å². The number of nitro groups is 1. The molecule has 2 rings (SSSR count). The summed E-state index contributed by atoms with van der Waals surface area (Å²) in [5.41, 5.74) is 0.856. The molecule has 0 bridgehead atoms. The van der Waals surface area contributed by atoms with E-state index in [2.05, 4.69) is 0 Å². The lowest BCUT2D eigenvalue weighted by atomic mass is 10.1. The summed E-state index contributed by atoms with van der Waals surface area (Å²) in [6.07, 6.45) is 2.99. The monoisotopic (exact) mass is 279 g/mol. The standard InChI is InChI=1S/C14H17NO5/c1-10-8-11(15(17)18)5-6-13(10)14(16)20-9-12-4-2-3-7-19-12/h5-6,8,12H,2-4,7,9H2,1H3/t12-/m0/s1. The van der Waals surface area contributed by atoms with E-state index in [1.165, 1.54) is 18.2 Å². The number of non-ortho nitro benzene ring substituents is 1. The number of carbonyl (C=O) groups is 1. The Kier molecular flexibility index (Phi) is 4.68. The predicted molar refractivity (Wildman–Crippen MR) is 71.7 cm³/mol. The van der Waals surface area contributed by atoms with E-state index >= 15 is 0 Å². The fourth-order valence-electron chi connectivity index (χ4n) is 2.18. The van der Waals surface area contributed by atoms with Gasteiger partial charge >= 0.3 is 5.97 Å². The Labute approximate surface area is 116 Å². The van der Waals surface area contributed by atoms with Gasteiger partial charge in [-0.3, -0.25) is 10.1 Å². The first kappa shape index (κ1) is 14.5. The summed E-state index contributed by atoms with van der Waals surface area (Å²) < 4.78 is 10.7. The van der Waals surface area contributed by atoms with Crippen LogP contribution in [0.2, 0.25) is 0 Å². The van der Waals surface area contributed by atoms with Crippen LogP contribution in [0.3, 0.4) is 0 Å². The van der Waals surface area contributed by atoms with Crippen molar-refractivity contribution >= 4 is 11.7 Å². The highest BCUT2D eigenvalue weighted by atomic mass is 16.6. The van der Waals surface area contributed by atoms with Crippen molar-refractivity contribution in [3.63, 3.8) is 0 Å². The maximum Gasteiger partial charge on any atom is 0.338 e. The second kappa shape index (κ2) is 6.47. The third-order valence-corrected chi connectivity index (χ3v) is 3.32. The molecule has 0 aromatic heterocycles. The van der Waals surface area contributed by atoms with Crippen molar-refractivity contribution in [3.8, 4) is 0 Å². The first-order valence-electron chi connectivity index (χ1n) is 6.61. The third kappa shape index (κ3) is 3.54. The number of nitro benzene ring substituents is 1. The maximum absolute atomic E-state index is 11.9. The molecule has 0 aliphatic carbocycles. The van der Waals surface area contributed by atoms with E-state index < -0.39 is 10.9 Å². The number of carbonyl (C=O) groups excluding carboxylic acids is 1. The second-order valence-corrected chi connectivity index (χ2v) is 4.84. The Morgan fingerprint density at radius 1 is 1.50 bits per heavy atom. The Morgan fingerprint density at radius 3 is 2.90 bits per heavy atom. The SMILES string of the molecule is Cc1cc([N+](=O)[O-])ccc1C(=O)OC[C@@H]1CCCCO1. The zero-order valence-electron chi connectivity index (χ0n) is 11.3. The van der Waals surface area contributed by atoms with Gasteiger partial charge in [-0.25, -0.2) is 4.79 Å². The van der Waals surface area contributed by atoms with E-state index in [0.29, 0.717) is 17.7 Å². The number of benzene rings is 1. The summed E-state index contributed by atoms with van der Waals surface area (Å²) in [7, 11) is 0. The molecule has 108 valence electrons. The predicted octanol–water partition coefficient (Wildman–Crippen LogP) is 2.63. The number of rotatable bonds is 4. The summed E-state index contributed by atoms with van der Waals surface area (Å²) >= 11 is 0. The molecule has 1 fully saturated rings. The molecular formula is C14H17NO5. The van der Waals surface area contributed by atoms with Gasteiger partial charge in [0.25, 0.3) is 5.69 Å². The van der Waals surface area contributed by atoms with Gasteiger partial charge in [-0.05, 0) is 37.8 Å².